The van der Waals surface area contributed by atoms with Crippen molar-refractivity contribution < 1.29 is 22.7 Å². The Morgan fingerprint density at radius 2 is 1.78 bits per heavy atom. The number of carbonyl (C=O) groups excluding carboxylic acids is 2. The molecule has 1 aromatic carbocycles. The standard InChI is InChI=1S/C16H21NO5S/c1-13(18)12-22-16(19)14-7-6-8-15(11-14)23(20,21)17-9-4-2-3-5-10-17/h6-8,11H,2-5,9-10,12H2,1H3. The van der Waals surface area contributed by atoms with Crippen LogP contribution >= 0.6 is 0 Å². The van der Waals surface area contributed by atoms with Crippen LogP contribution in [0.1, 0.15) is 43.0 Å². The van der Waals surface area contributed by atoms with Gasteiger partial charge in [-0.2, -0.15) is 4.31 Å². The maximum atomic E-state index is 12.7. The van der Waals surface area contributed by atoms with Gasteiger partial charge in [-0.3, -0.25) is 4.79 Å². The first-order valence-corrected chi connectivity index (χ1v) is 9.12. The van der Waals surface area contributed by atoms with Crippen molar-refractivity contribution in [3.05, 3.63) is 29.8 Å². The minimum atomic E-state index is -3.61. The second-order valence-electron chi connectivity index (χ2n) is 5.62. The van der Waals surface area contributed by atoms with E-state index in [0.29, 0.717) is 13.1 Å². The van der Waals surface area contributed by atoms with Crippen molar-refractivity contribution in [3.63, 3.8) is 0 Å². The lowest BCUT2D eigenvalue weighted by Gasteiger charge is -2.20. The van der Waals surface area contributed by atoms with Crippen LogP contribution in [0.15, 0.2) is 29.2 Å². The number of hydrogen-bond acceptors (Lipinski definition) is 5. The topological polar surface area (TPSA) is 80.8 Å². The Hall–Kier alpha value is -1.73. The maximum Gasteiger partial charge on any atom is 0.338 e. The van der Waals surface area contributed by atoms with Gasteiger partial charge in [0.25, 0.3) is 0 Å². The van der Waals surface area contributed by atoms with Crippen LogP contribution in [0.5, 0.6) is 0 Å². The molecule has 0 unspecified atom stereocenters. The van der Waals surface area contributed by atoms with E-state index in [1.165, 1.54) is 35.5 Å². The molecule has 0 saturated carbocycles. The number of hydrogen-bond donors (Lipinski definition) is 0. The quantitative estimate of drug-likeness (QED) is 0.767. The van der Waals surface area contributed by atoms with E-state index in [2.05, 4.69) is 0 Å². The predicted octanol–water partition coefficient (Wildman–Crippen LogP) is 2.00. The molecule has 23 heavy (non-hydrogen) atoms. The van der Waals surface area contributed by atoms with E-state index in [9.17, 15) is 18.0 Å². The van der Waals surface area contributed by atoms with Crippen molar-refractivity contribution in [2.45, 2.75) is 37.5 Å². The first-order chi connectivity index (χ1) is 10.9. The Morgan fingerprint density at radius 3 is 2.39 bits per heavy atom. The molecule has 2 rings (SSSR count). The lowest BCUT2D eigenvalue weighted by Crippen LogP contribution is -2.32. The molecule has 0 aromatic heterocycles. The van der Waals surface area contributed by atoms with E-state index in [1.54, 1.807) is 0 Å². The first-order valence-electron chi connectivity index (χ1n) is 7.68. The number of ether oxygens (including phenoxy) is 1. The van der Waals surface area contributed by atoms with Crippen LogP contribution in [0.25, 0.3) is 0 Å². The Morgan fingerprint density at radius 1 is 1.13 bits per heavy atom. The van der Waals surface area contributed by atoms with Crippen LogP contribution in [-0.4, -0.2) is 44.2 Å². The fourth-order valence-corrected chi connectivity index (χ4v) is 4.03. The van der Waals surface area contributed by atoms with Crippen molar-refractivity contribution >= 4 is 21.8 Å². The summed E-state index contributed by atoms with van der Waals surface area (Å²) in [6, 6.07) is 5.77. The van der Waals surface area contributed by atoms with Crippen molar-refractivity contribution in [1.29, 1.82) is 0 Å². The molecule has 1 aliphatic heterocycles. The second-order valence-corrected chi connectivity index (χ2v) is 7.56. The number of ketones is 1. The van der Waals surface area contributed by atoms with E-state index in [4.69, 9.17) is 4.74 Å². The van der Waals surface area contributed by atoms with Gasteiger partial charge < -0.3 is 4.74 Å². The van der Waals surface area contributed by atoms with Gasteiger partial charge >= 0.3 is 5.97 Å². The maximum absolute atomic E-state index is 12.7. The molecule has 0 bridgehead atoms. The van der Waals surface area contributed by atoms with Crippen molar-refractivity contribution in [3.8, 4) is 0 Å². The molecule has 7 heteroatoms. The molecular weight excluding hydrogens is 318 g/mol. The van der Waals surface area contributed by atoms with Crippen LogP contribution in [0.2, 0.25) is 0 Å². The van der Waals surface area contributed by atoms with E-state index < -0.39 is 16.0 Å². The van der Waals surface area contributed by atoms with Gasteiger partial charge in [-0.05, 0) is 38.0 Å². The van der Waals surface area contributed by atoms with Gasteiger partial charge in [-0.1, -0.05) is 18.9 Å². The van der Waals surface area contributed by atoms with Gasteiger partial charge in [0.05, 0.1) is 10.5 Å². The number of Topliss-reactive ketones (excluding diaryl/α,β-unsaturated/α-hetero) is 1. The fraction of sp³-hybridized carbons (Fsp3) is 0.500. The second kappa shape index (κ2) is 7.70. The minimum Gasteiger partial charge on any atom is -0.454 e. The zero-order chi connectivity index (χ0) is 16.9. The first kappa shape index (κ1) is 17.6. The lowest BCUT2D eigenvalue weighted by molar-refractivity contribution is -0.120. The Bertz CT molecular complexity index is 675. The highest BCUT2D eigenvalue weighted by atomic mass is 32.2. The highest BCUT2D eigenvalue weighted by molar-refractivity contribution is 7.89. The third kappa shape index (κ3) is 4.62. The summed E-state index contributed by atoms with van der Waals surface area (Å²) < 4.78 is 31.7. The molecule has 1 saturated heterocycles. The van der Waals surface area contributed by atoms with Crippen LogP contribution in [0, 0.1) is 0 Å². The molecule has 1 aliphatic rings. The molecule has 0 aliphatic carbocycles. The number of esters is 1. The molecular formula is C16H21NO5S. The van der Waals surface area contributed by atoms with Crippen molar-refractivity contribution in [2.75, 3.05) is 19.7 Å². The minimum absolute atomic E-state index is 0.0803. The normalized spacial score (nSPS) is 16.6. The van der Waals surface area contributed by atoms with E-state index in [0.717, 1.165) is 25.7 Å². The Kier molecular flexibility index (Phi) is 5.90. The lowest BCUT2D eigenvalue weighted by atomic mass is 10.2. The Labute approximate surface area is 136 Å². The molecule has 0 atom stereocenters. The number of rotatable bonds is 5. The highest BCUT2D eigenvalue weighted by Crippen LogP contribution is 2.21. The molecule has 0 radical (unpaired) electrons. The average molecular weight is 339 g/mol. The van der Waals surface area contributed by atoms with Crippen LogP contribution in [0.4, 0.5) is 0 Å². The largest absolute Gasteiger partial charge is 0.454 e. The monoisotopic (exact) mass is 339 g/mol. The smallest absolute Gasteiger partial charge is 0.338 e. The number of benzene rings is 1. The van der Waals surface area contributed by atoms with Gasteiger partial charge in [0.15, 0.2) is 5.78 Å². The molecule has 126 valence electrons. The summed E-state index contributed by atoms with van der Waals surface area (Å²) in [7, 11) is -3.61. The zero-order valence-electron chi connectivity index (χ0n) is 13.2. The van der Waals surface area contributed by atoms with Crippen molar-refractivity contribution in [2.24, 2.45) is 0 Å². The van der Waals surface area contributed by atoms with Gasteiger partial charge in [0.2, 0.25) is 10.0 Å². The Balaban J connectivity index is 2.20. The molecule has 1 aromatic rings. The number of sulfonamides is 1. The third-order valence-electron chi connectivity index (χ3n) is 3.68. The van der Waals surface area contributed by atoms with E-state index >= 15 is 0 Å². The summed E-state index contributed by atoms with van der Waals surface area (Å²) in [4.78, 5) is 22.8. The average Bonchev–Trinajstić information content (AvgIpc) is 2.82. The summed E-state index contributed by atoms with van der Waals surface area (Å²) in [5.74, 6) is -0.972. The molecule has 0 spiro atoms. The fourth-order valence-electron chi connectivity index (χ4n) is 2.47. The van der Waals surface area contributed by atoms with Gasteiger partial charge in [0, 0.05) is 13.1 Å². The molecule has 0 N–H and O–H groups in total. The molecule has 1 heterocycles. The van der Waals surface area contributed by atoms with Crippen molar-refractivity contribution in [1.82, 2.24) is 4.31 Å². The molecule has 1 fully saturated rings. The zero-order valence-corrected chi connectivity index (χ0v) is 14.0. The molecule has 0 amide bonds. The SMILES string of the molecule is CC(=O)COC(=O)c1cccc(S(=O)(=O)N2CCCCCC2)c1. The molecule has 6 nitrogen and oxygen atoms in total. The van der Waals surface area contributed by atoms with Gasteiger partial charge in [0.1, 0.15) is 6.61 Å². The number of carbonyl (C=O) groups is 2. The summed E-state index contributed by atoms with van der Waals surface area (Å²) in [6.07, 6.45) is 3.76. The summed E-state index contributed by atoms with van der Waals surface area (Å²) in [5.41, 5.74) is 0.127. The summed E-state index contributed by atoms with van der Waals surface area (Å²) in [6.45, 7) is 2.00. The van der Waals surface area contributed by atoms with E-state index in [1.807, 2.05) is 0 Å². The third-order valence-corrected chi connectivity index (χ3v) is 5.57. The summed E-state index contributed by atoms with van der Waals surface area (Å²) in [5, 5.41) is 0. The van der Waals surface area contributed by atoms with Gasteiger partial charge in [-0.15, -0.1) is 0 Å². The van der Waals surface area contributed by atoms with E-state index in [-0.39, 0.29) is 22.8 Å². The van der Waals surface area contributed by atoms with Gasteiger partial charge in [-0.25, -0.2) is 13.2 Å². The van der Waals surface area contributed by atoms with Crippen LogP contribution < -0.4 is 0 Å². The highest BCUT2D eigenvalue weighted by Gasteiger charge is 2.26. The summed E-state index contributed by atoms with van der Waals surface area (Å²) >= 11 is 0. The van der Waals surface area contributed by atoms with Crippen LogP contribution in [0.3, 0.4) is 0 Å². The van der Waals surface area contributed by atoms with Crippen LogP contribution in [-0.2, 0) is 19.6 Å². The number of nitrogens with zero attached hydrogens (tertiary/aromatic N) is 1. The predicted molar refractivity (Wildman–Crippen MR) is 84.6 cm³/mol.